The summed E-state index contributed by atoms with van der Waals surface area (Å²) in [6.45, 7) is 25.9. The van der Waals surface area contributed by atoms with Crippen LogP contribution in [-0.4, -0.2) is 18.3 Å². The van der Waals surface area contributed by atoms with Crippen molar-refractivity contribution < 1.29 is 13.2 Å². The topological polar surface area (TPSA) is 95.4 Å². The number of fused-ring (bicyclic) bond motifs is 12. The molecule has 12 aromatic carbocycles. The van der Waals surface area contributed by atoms with Gasteiger partial charge in [-0.1, -0.05) is 121 Å². The SMILES string of the molecule is Cc1ccc(-c2c(-n3c4cc(C)ccc4c4ccc(C)cc43)cc(C#N)cc2-n2c3cc(C)ccc3c3ccc(C)cc32)c(C#N)c1.[C-]#[N+]c1ccc(-c2c(-n3c4cc(C)ccc4c4ccc(C)cc43)cc(C#N)cc2-n2c3cc(C)ccc3c3ccc(C)cc32)c(C(F)(F)F)c1. The van der Waals surface area contributed by atoms with Crippen molar-refractivity contribution in [3.63, 3.8) is 0 Å². The minimum atomic E-state index is -4.78. The van der Waals surface area contributed by atoms with Crippen LogP contribution in [0.3, 0.4) is 0 Å². The maximum absolute atomic E-state index is 15.2. The largest absolute Gasteiger partial charge is 0.415 e. The molecule has 0 amide bonds. The van der Waals surface area contributed by atoms with E-state index in [-0.39, 0.29) is 11.3 Å². The fourth-order valence-corrected chi connectivity index (χ4v) is 14.6. The summed E-state index contributed by atoms with van der Waals surface area (Å²) >= 11 is 0. The van der Waals surface area contributed by atoms with Crippen molar-refractivity contribution in [1.82, 2.24) is 18.3 Å². The summed E-state index contributed by atoms with van der Waals surface area (Å²) in [5, 5.41) is 40.1. The van der Waals surface area contributed by atoms with Crippen LogP contribution < -0.4 is 0 Å². The number of halogens is 3. The molecule has 0 aliphatic rings. The maximum Gasteiger partial charge on any atom is 0.415 e. The molecule has 8 nitrogen and oxygen atoms in total. The Balaban J connectivity index is 0.000000159. The molecule has 0 spiro atoms. The van der Waals surface area contributed by atoms with Gasteiger partial charge in [0.25, 0.3) is 0 Å². The molecule has 0 N–H and O–H groups in total. The van der Waals surface area contributed by atoms with Crippen LogP contribution >= 0.6 is 0 Å². The highest BCUT2D eigenvalue weighted by Crippen LogP contribution is 2.49. The van der Waals surface area contributed by atoms with Gasteiger partial charge in [0, 0.05) is 59.8 Å². The molecular formula is C86H61F3N8. The zero-order chi connectivity index (χ0) is 67.6. The van der Waals surface area contributed by atoms with Gasteiger partial charge in [-0.2, -0.15) is 29.0 Å². The molecule has 4 aromatic heterocycles. The first-order chi connectivity index (χ1) is 46.7. The van der Waals surface area contributed by atoms with Crippen LogP contribution in [0.5, 0.6) is 0 Å². The van der Waals surface area contributed by atoms with Gasteiger partial charge in [0.15, 0.2) is 5.69 Å². The first-order valence-corrected chi connectivity index (χ1v) is 32.1. The van der Waals surface area contributed by atoms with Gasteiger partial charge >= 0.3 is 6.18 Å². The number of nitriles is 3. The normalized spacial score (nSPS) is 11.7. The molecule has 0 fully saturated rings. The molecule has 0 aliphatic carbocycles. The number of benzene rings is 12. The molecule has 16 rings (SSSR count). The van der Waals surface area contributed by atoms with E-state index in [1.54, 1.807) is 12.1 Å². The second-order valence-electron chi connectivity index (χ2n) is 26.0. The van der Waals surface area contributed by atoms with Crippen molar-refractivity contribution in [2.45, 2.75) is 68.5 Å². The summed E-state index contributed by atoms with van der Waals surface area (Å²) in [5.74, 6) is 0. The molecule has 0 unspecified atom stereocenters. The smallest absolute Gasteiger partial charge is 0.308 e. The zero-order valence-corrected chi connectivity index (χ0v) is 54.8. The summed E-state index contributed by atoms with van der Waals surface area (Å²) in [6, 6.07) is 75.2. The van der Waals surface area contributed by atoms with Crippen molar-refractivity contribution in [2.75, 3.05) is 0 Å². The van der Waals surface area contributed by atoms with Crippen molar-refractivity contribution >= 4 is 92.9 Å². The molecule has 0 radical (unpaired) electrons. The first-order valence-electron chi connectivity index (χ1n) is 32.1. The minimum absolute atomic E-state index is 0.0787. The molecule has 0 aliphatic heterocycles. The Morgan fingerprint density at radius 3 is 0.804 bits per heavy atom. The lowest BCUT2D eigenvalue weighted by Crippen LogP contribution is -2.11. The van der Waals surface area contributed by atoms with Gasteiger partial charge in [0.05, 0.1) is 114 Å². The summed E-state index contributed by atoms with van der Waals surface area (Å²) in [6.07, 6.45) is -4.78. The van der Waals surface area contributed by atoms with E-state index in [0.717, 1.165) is 166 Å². The molecule has 4 heterocycles. The highest BCUT2D eigenvalue weighted by molar-refractivity contribution is 6.15. The van der Waals surface area contributed by atoms with E-state index in [2.05, 4.69) is 145 Å². The lowest BCUT2D eigenvalue weighted by atomic mass is 9.93. The Labute approximate surface area is 558 Å². The molecule has 0 atom stereocenters. The second kappa shape index (κ2) is 23.0. The Bertz CT molecular complexity index is 5760. The summed E-state index contributed by atoms with van der Waals surface area (Å²) in [7, 11) is 0. The summed E-state index contributed by atoms with van der Waals surface area (Å²) in [4.78, 5) is 3.35. The molecule has 0 bridgehead atoms. The van der Waals surface area contributed by atoms with Gasteiger partial charge in [-0.25, -0.2) is 4.85 Å². The van der Waals surface area contributed by atoms with Gasteiger partial charge in [-0.15, -0.1) is 0 Å². The van der Waals surface area contributed by atoms with Gasteiger partial charge in [-0.3, -0.25) is 0 Å². The van der Waals surface area contributed by atoms with Crippen LogP contribution in [0, 0.1) is 103 Å². The number of alkyl halides is 3. The quantitative estimate of drug-likeness (QED) is 0.155. The lowest BCUT2D eigenvalue weighted by molar-refractivity contribution is -0.137. The van der Waals surface area contributed by atoms with Gasteiger partial charge in [0.2, 0.25) is 0 Å². The number of hydrogen-bond donors (Lipinski definition) is 0. The van der Waals surface area contributed by atoms with E-state index in [4.69, 9.17) is 6.57 Å². The molecule has 11 heteroatoms. The lowest BCUT2D eigenvalue weighted by Gasteiger charge is -2.23. The maximum atomic E-state index is 15.2. The van der Waals surface area contributed by atoms with Gasteiger partial charge in [-0.05, 0) is 203 Å². The molecule has 0 saturated carbocycles. The second-order valence-corrected chi connectivity index (χ2v) is 26.0. The third-order valence-corrected chi connectivity index (χ3v) is 19.0. The Morgan fingerprint density at radius 1 is 0.309 bits per heavy atom. The molecule has 16 aromatic rings. The summed E-state index contributed by atoms with van der Waals surface area (Å²) in [5.41, 5.74) is 22.1. The van der Waals surface area contributed by atoms with E-state index in [1.807, 2.05) is 135 Å². The number of aryl methyl sites for hydroxylation is 9. The van der Waals surface area contributed by atoms with E-state index >= 15 is 13.2 Å². The Kier molecular flexibility index (Phi) is 14.4. The van der Waals surface area contributed by atoms with Crippen molar-refractivity contribution in [2.24, 2.45) is 0 Å². The van der Waals surface area contributed by atoms with E-state index in [0.29, 0.717) is 33.6 Å². The van der Waals surface area contributed by atoms with Crippen LogP contribution in [0.25, 0.3) is 137 Å². The fourth-order valence-electron chi connectivity index (χ4n) is 14.6. The summed E-state index contributed by atoms with van der Waals surface area (Å²) < 4.78 is 54.2. The van der Waals surface area contributed by atoms with Crippen molar-refractivity contribution in [1.29, 1.82) is 15.8 Å². The highest BCUT2D eigenvalue weighted by Gasteiger charge is 2.37. The van der Waals surface area contributed by atoms with E-state index in [9.17, 15) is 15.8 Å². The zero-order valence-electron chi connectivity index (χ0n) is 54.8. The van der Waals surface area contributed by atoms with E-state index in [1.165, 1.54) is 12.1 Å². The average Bonchev–Trinajstić information content (AvgIpc) is 1.62. The van der Waals surface area contributed by atoms with Crippen LogP contribution in [-0.2, 0) is 6.18 Å². The van der Waals surface area contributed by atoms with Crippen LogP contribution in [0.2, 0.25) is 0 Å². The molecular weight excluding hydrogens is 1200 g/mol. The Morgan fingerprint density at radius 2 is 0.557 bits per heavy atom. The molecule has 0 saturated heterocycles. The monoisotopic (exact) mass is 1260 g/mol. The molecule has 97 heavy (non-hydrogen) atoms. The van der Waals surface area contributed by atoms with E-state index < -0.39 is 11.7 Å². The number of nitrogens with zero attached hydrogens (tertiary/aromatic N) is 8. The first kappa shape index (κ1) is 60.8. The number of aromatic nitrogens is 4. The third-order valence-electron chi connectivity index (χ3n) is 19.0. The number of rotatable bonds is 6. The highest BCUT2D eigenvalue weighted by atomic mass is 19.4. The van der Waals surface area contributed by atoms with Crippen LogP contribution in [0.15, 0.2) is 206 Å². The van der Waals surface area contributed by atoms with Gasteiger partial charge < -0.3 is 18.3 Å². The number of hydrogen-bond acceptors (Lipinski definition) is 3. The predicted octanol–water partition coefficient (Wildman–Crippen LogP) is 23.1. The predicted molar refractivity (Wildman–Crippen MR) is 389 cm³/mol. The third kappa shape index (κ3) is 10.0. The van der Waals surface area contributed by atoms with Crippen molar-refractivity contribution in [3.05, 3.63) is 290 Å². The fraction of sp³-hybridized carbons (Fsp3) is 0.116. The average molecular weight is 1260 g/mol. The van der Waals surface area contributed by atoms with Crippen LogP contribution in [0.4, 0.5) is 18.9 Å². The Hall–Kier alpha value is -12.4. The van der Waals surface area contributed by atoms with Crippen LogP contribution in [0.1, 0.15) is 72.3 Å². The van der Waals surface area contributed by atoms with Gasteiger partial charge in [0.1, 0.15) is 0 Å². The van der Waals surface area contributed by atoms with Crippen molar-refractivity contribution in [3.8, 4) is 63.2 Å². The molecule has 466 valence electrons. The minimum Gasteiger partial charge on any atom is -0.308 e. The standard InChI is InChI=1S/C43H29F3N4.C43H32N4/c1-24-6-11-30-31-12-7-25(2)17-37(31)49(36(30)16-24)40-20-28(23-47)21-41(42(40)34-15-10-29(48-5)22-35(34)43(44,45)46)50-38-18-26(3)8-13-32(38)33-14-9-27(4)19-39(33)50;1-25-6-11-32(31(16-25)24-45)43-41(46-37-17-26(2)7-12-33(37)34-13-8-27(3)18-38(34)46)21-30(23-44)22-42(43)47-39-19-28(4)9-14-35(39)36-15-10-29(5)20-40(36)47/h6-22H,1-4H3;6-22H,1-5H3.